The summed E-state index contributed by atoms with van der Waals surface area (Å²) in [6.45, 7) is 6.20. The van der Waals surface area contributed by atoms with Crippen molar-refractivity contribution in [1.29, 1.82) is 0 Å². The summed E-state index contributed by atoms with van der Waals surface area (Å²) in [4.78, 5) is 29.7. The fourth-order valence-corrected chi connectivity index (χ4v) is 6.88. The Bertz CT molecular complexity index is 1470. The lowest BCUT2D eigenvalue weighted by Crippen LogP contribution is -2.44. The van der Waals surface area contributed by atoms with Gasteiger partial charge in [-0.1, -0.05) is 54.6 Å². The van der Waals surface area contributed by atoms with Crippen LogP contribution >= 0.6 is 0 Å². The molecule has 242 valence electrons. The molecule has 1 aliphatic rings. The molecule has 1 fully saturated rings. The van der Waals surface area contributed by atoms with Crippen molar-refractivity contribution in [3.63, 3.8) is 0 Å². The summed E-state index contributed by atoms with van der Waals surface area (Å²) in [5, 5.41) is 3.02. The summed E-state index contributed by atoms with van der Waals surface area (Å²) >= 11 is 0. The number of hydrogen-bond acceptors (Lipinski definition) is 6. The van der Waals surface area contributed by atoms with Crippen molar-refractivity contribution in [3.05, 3.63) is 95.6 Å². The number of amides is 2. The Morgan fingerprint density at radius 3 is 2.18 bits per heavy atom. The van der Waals surface area contributed by atoms with Crippen LogP contribution in [0.1, 0.15) is 62.3 Å². The molecular weight excluding hydrogens is 590 g/mol. The van der Waals surface area contributed by atoms with Crippen molar-refractivity contribution in [3.8, 4) is 5.75 Å². The summed E-state index contributed by atoms with van der Waals surface area (Å²) in [5.74, 6) is 0.253. The van der Waals surface area contributed by atoms with Crippen LogP contribution in [0.5, 0.6) is 5.75 Å². The SMILES string of the molecule is COc1ccc(CN(C(=O)CCc2ccc(S(=O)(=O)N3CCCC3)cc2)[C@@H](C(=O)NCCCOC(C)C)c2ccccc2)cc1. The first-order valence-corrected chi connectivity index (χ1v) is 17.1. The monoisotopic (exact) mass is 635 g/mol. The maximum Gasteiger partial charge on any atom is 0.247 e. The standard InChI is InChI=1S/C35H45N3O6S/c1-27(2)44-25-9-22-36-35(40)34(30-10-5-4-6-11-30)38(26-29-12-17-31(43-3)18-13-29)33(39)21-16-28-14-19-32(20-15-28)45(41,42)37-23-7-8-24-37/h4-6,10-15,17-20,27,34H,7-9,16,21-26H2,1-3H3,(H,36,40)/t34-/m1/s1. The second kappa shape index (κ2) is 16.5. The van der Waals surface area contributed by atoms with Gasteiger partial charge in [0.05, 0.1) is 18.1 Å². The maximum absolute atomic E-state index is 14.0. The lowest BCUT2D eigenvalue weighted by atomic mass is 10.0. The van der Waals surface area contributed by atoms with Gasteiger partial charge in [0.15, 0.2) is 0 Å². The van der Waals surface area contributed by atoms with Gasteiger partial charge in [-0.25, -0.2) is 8.42 Å². The number of aryl methyl sites for hydroxylation is 1. The molecule has 45 heavy (non-hydrogen) atoms. The zero-order valence-corrected chi connectivity index (χ0v) is 27.3. The van der Waals surface area contributed by atoms with Crippen LogP contribution in [-0.4, -0.2) is 68.9 Å². The van der Waals surface area contributed by atoms with Gasteiger partial charge in [-0.15, -0.1) is 0 Å². The third-order valence-electron chi connectivity index (χ3n) is 7.83. The largest absolute Gasteiger partial charge is 0.497 e. The minimum Gasteiger partial charge on any atom is -0.497 e. The Labute approximate surface area is 267 Å². The van der Waals surface area contributed by atoms with E-state index in [0.29, 0.717) is 50.4 Å². The van der Waals surface area contributed by atoms with Crippen molar-refractivity contribution < 1.29 is 27.5 Å². The van der Waals surface area contributed by atoms with Crippen LogP contribution in [-0.2, 0) is 37.3 Å². The van der Waals surface area contributed by atoms with Gasteiger partial charge in [0.1, 0.15) is 11.8 Å². The Hall–Kier alpha value is -3.73. The van der Waals surface area contributed by atoms with Crippen LogP contribution in [0.4, 0.5) is 0 Å². The molecule has 1 atom stereocenters. The van der Waals surface area contributed by atoms with Gasteiger partial charge < -0.3 is 19.7 Å². The van der Waals surface area contributed by atoms with E-state index in [1.807, 2.05) is 68.4 Å². The predicted molar refractivity (Wildman–Crippen MR) is 174 cm³/mol. The number of rotatable bonds is 16. The first kappa shape index (κ1) is 34.1. The molecule has 1 N–H and O–H groups in total. The van der Waals surface area contributed by atoms with Crippen molar-refractivity contribution in [2.45, 2.75) is 69.5 Å². The average Bonchev–Trinajstić information content (AvgIpc) is 3.60. The lowest BCUT2D eigenvalue weighted by Gasteiger charge is -2.32. The topological polar surface area (TPSA) is 105 Å². The van der Waals surface area contributed by atoms with E-state index in [4.69, 9.17) is 9.47 Å². The summed E-state index contributed by atoms with van der Waals surface area (Å²) in [6, 6.07) is 22.7. The number of hydrogen-bond donors (Lipinski definition) is 1. The maximum atomic E-state index is 14.0. The quantitative estimate of drug-likeness (QED) is 0.219. The van der Waals surface area contributed by atoms with Crippen LogP contribution in [0, 0.1) is 0 Å². The van der Waals surface area contributed by atoms with Crippen LogP contribution in [0.15, 0.2) is 83.8 Å². The second-order valence-electron chi connectivity index (χ2n) is 11.5. The van der Waals surface area contributed by atoms with E-state index in [9.17, 15) is 18.0 Å². The molecule has 0 unspecified atom stereocenters. The highest BCUT2D eigenvalue weighted by Crippen LogP contribution is 2.27. The van der Waals surface area contributed by atoms with Crippen molar-refractivity contribution >= 4 is 21.8 Å². The normalized spacial score (nSPS) is 14.3. The molecule has 0 saturated carbocycles. The van der Waals surface area contributed by atoms with Crippen molar-refractivity contribution in [1.82, 2.24) is 14.5 Å². The van der Waals surface area contributed by atoms with Gasteiger partial charge >= 0.3 is 0 Å². The fourth-order valence-electron chi connectivity index (χ4n) is 5.36. The van der Waals surface area contributed by atoms with Crippen LogP contribution < -0.4 is 10.1 Å². The van der Waals surface area contributed by atoms with E-state index in [2.05, 4.69) is 5.32 Å². The zero-order chi connectivity index (χ0) is 32.2. The number of carbonyl (C=O) groups excluding carboxylic acids is 2. The van der Waals surface area contributed by atoms with Crippen molar-refractivity contribution in [2.24, 2.45) is 0 Å². The summed E-state index contributed by atoms with van der Waals surface area (Å²) in [7, 11) is -1.91. The summed E-state index contributed by atoms with van der Waals surface area (Å²) < 4.78 is 38.3. The van der Waals surface area contributed by atoms with E-state index in [1.165, 1.54) is 4.31 Å². The molecule has 0 bridgehead atoms. The number of benzene rings is 3. The lowest BCUT2D eigenvalue weighted by molar-refractivity contribution is -0.141. The number of ether oxygens (including phenoxy) is 2. The average molecular weight is 636 g/mol. The van der Waals surface area contributed by atoms with Gasteiger partial charge in [0.2, 0.25) is 21.8 Å². The number of nitrogens with zero attached hydrogens (tertiary/aromatic N) is 2. The summed E-state index contributed by atoms with van der Waals surface area (Å²) in [5.41, 5.74) is 2.42. The Morgan fingerprint density at radius 2 is 1.56 bits per heavy atom. The van der Waals surface area contributed by atoms with Crippen LogP contribution in [0.25, 0.3) is 0 Å². The van der Waals surface area contributed by atoms with Crippen molar-refractivity contribution in [2.75, 3.05) is 33.4 Å². The smallest absolute Gasteiger partial charge is 0.247 e. The molecule has 10 heteroatoms. The highest BCUT2D eigenvalue weighted by Gasteiger charge is 2.31. The Balaban J connectivity index is 1.53. The minimum atomic E-state index is -3.51. The van der Waals surface area contributed by atoms with Gasteiger partial charge in [0.25, 0.3) is 0 Å². The number of nitrogens with one attached hydrogen (secondary N) is 1. The predicted octanol–water partition coefficient (Wildman–Crippen LogP) is 5.11. The minimum absolute atomic E-state index is 0.112. The van der Waals surface area contributed by atoms with Crippen LogP contribution in [0.3, 0.4) is 0 Å². The van der Waals surface area contributed by atoms with Gasteiger partial charge in [0, 0.05) is 39.2 Å². The van der Waals surface area contributed by atoms with Gasteiger partial charge in [-0.05, 0) is 80.5 Å². The first-order chi connectivity index (χ1) is 21.7. The second-order valence-corrected chi connectivity index (χ2v) is 13.4. The fraction of sp³-hybridized carbons (Fsp3) is 0.429. The number of sulfonamides is 1. The highest BCUT2D eigenvalue weighted by molar-refractivity contribution is 7.89. The molecular formula is C35H45N3O6S. The molecule has 1 aliphatic heterocycles. The van der Waals surface area contributed by atoms with E-state index in [-0.39, 0.29) is 35.8 Å². The van der Waals surface area contributed by atoms with E-state index >= 15 is 0 Å². The zero-order valence-electron chi connectivity index (χ0n) is 26.5. The summed E-state index contributed by atoms with van der Waals surface area (Å²) in [6.07, 6.45) is 3.06. The highest BCUT2D eigenvalue weighted by atomic mass is 32.2. The number of carbonyl (C=O) groups is 2. The molecule has 3 aromatic carbocycles. The molecule has 1 heterocycles. The number of methoxy groups -OCH3 is 1. The molecule has 4 rings (SSSR count). The molecule has 0 spiro atoms. The van der Waals surface area contributed by atoms with Gasteiger partial charge in [-0.2, -0.15) is 4.31 Å². The van der Waals surface area contributed by atoms with Gasteiger partial charge in [-0.3, -0.25) is 9.59 Å². The molecule has 0 aliphatic carbocycles. The van der Waals surface area contributed by atoms with E-state index in [1.54, 1.807) is 36.3 Å². The molecule has 0 aromatic heterocycles. The third-order valence-corrected chi connectivity index (χ3v) is 9.75. The third kappa shape index (κ3) is 9.63. The van der Waals surface area contributed by atoms with Crippen LogP contribution in [0.2, 0.25) is 0 Å². The molecule has 3 aromatic rings. The molecule has 0 radical (unpaired) electrons. The molecule has 1 saturated heterocycles. The van der Waals surface area contributed by atoms with E-state index in [0.717, 1.165) is 24.0 Å². The Kier molecular flexibility index (Phi) is 12.6. The Morgan fingerprint density at radius 1 is 0.911 bits per heavy atom. The molecule has 9 nitrogen and oxygen atoms in total. The molecule has 2 amide bonds. The first-order valence-electron chi connectivity index (χ1n) is 15.6. The van der Waals surface area contributed by atoms with E-state index < -0.39 is 16.1 Å².